The monoisotopic (exact) mass is 380 g/mol. The van der Waals surface area contributed by atoms with E-state index in [9.17, 15) is 15.0 Å². The van der Waals surface area contributed by atoms with Crippen molar-refractivity contribution in [1.29, 1.82) is 0 Å². The molecule has 0 aromatic rings. The van der Waals surface area contributed by atoms with E-state index in [1.807, 2.05) is 0 Å². The smallest absolute Gasteiger partial charge is 0.259 e. The Bertz CT molecular complexity index is 469. The molecule has 2 aliphatic heterocycles. The van der Waals surface area contributed by atoms with Crippen molar-refractivity contribution in [3.63, 3.8) is 0 Å². The third kappa shape index (κ3) is 3.55. The predicted molar refractivity (Wildman–Crippen MR) is 91.1 cm³/mol. The SMILES string of the molecule is N[C@H](C1CCN(C(=O)C2(O)COC2)CC1)C1CC(Cl)C(Cl)CC1O. The molecule has 4 unspecified atom stereocenters. The summed E-state index contributed by atoms with van der Waals surface area (Å²) in [5.74, 6) is -0.0695. The molecule has 0 aromatic carbocycles. The molecule has 3 fully saturated rings. The fraction of sp³-hybridized carbons (Fsp3) is 0.938. The molecule has 0 bridgehead atoms. The van der Waals surface area contributed by atoms with Gasteiger partial charge in [-0.15, -0.1) is 23.2 Å². The van der Waals surface area contributed by atoms with Gasteiger partial charge in [-0.1, -0.05) is 0 Å². The number of nitrogens with zero attached hydrogens (tertiary/aromatic N) is 1. The minimum atomic E-state index is -1.34. The maximum absolute atomic E-state index is 12.3. The number of piperidine rings is 1. The molecule has 24 heavy (non-hydrogen) atoms. The van der Waals surface area contributed by atoms with Crippen LogP contribution in [0.5, 0.6) is 0 Å². The van der Waals surface area contributed by atoms with Crippen LogP contribution in [0, 0.1) is 11.8 Å². The van der Waals surface area contributed by atoms with E-state index in [-0.39, 0.29) is 47.8 Å². The number of amides is 1. The third-order valence-electron chi connectivity index (χ3n) is 5.80. The number of carbonyl (C=O) groups excluding carboxylic acids is 1. The van der Waals surface area contributed by atoms with Gasteiger partial charge in [-0.25, -0.2) is 0 Å². The fourth-order valence-corrected chi connectivity index (χ4v) is 4.68. The summed E-state index contributed by atoms with van der Waals surface area (Å²) in [7, 11) is 0. The van der Waals surface area contributed by atoms with Gasteiger partial charge < -0.3 is 25.6 Å². The first-order chi connectivity index (χ1) is 11.3. The van der Waals surface area contributed by atoms with E-state index in [2.05, 4.69) is 0 Å². The van der Waals surface area contributed by atoms with Crippen molar-refractivity contribution < 1.29 is 19.7 Å². The lowest BCUT2D eigenvalue weighted by molar-refractivity contribution is -0.201. The average Bonchev–Trinajstić information content (AvgIpc) is 2.55. The van der Waals surface area contributed by atoms with Crippen LogP contribution in [-0.2, 0) is 9.53 Å². The van der Waals surface area contributed by atoms with Crippen molar-refractivity contribution in [3.05, 3.63) is 0 Å². The number of hydrogen-bond donors (Lipinski definition) is 3. The summed E-state index contributed by atoms with van der Waals surface area (Å²) in [6, 6.07) is -0.155. The van der Waals surface area contributed by atoms with Gasteiger partial charge in [-0.05, 0) is 31.6 Å². The minimum Gasteiger partial charge on any atom is -0.393 e. The molecule has 4 N–H and O–H groups in total. The van der Waals surface area contributed by atoms with E-state index in [1.165, 1.54) is 0 Å². The molecular weight excluding hydrogens is 355 g/mol. The van der Waals surface area contributed by atoms with Crippen LogP contribution in [0.25, 0.3) is 0 Å². The number of halogens is 2. The number of nitrogens with two attached hydrogens (primary N) is 1. The number of likely N-dealkylation sites (tertiary alicyclic amines) is 1. The second-order valence-electron chi connectivity index (χ2n) is 7.47. The van der Waals surface area contributed by atoms with Gasteiger partial charge in [0.1, 0.15) is 0 Å². The van der Waals surface area contributed by atoms with Crippen LogP contribution in [0.2, 0.25) is 0 Å². The van der Waals surface area contributed by atoms with Crippen molar-refractivity contribution in [2.45, 2.75) is 54.2 Å². The van der Waals surface area contributed by atoms with Crippen LogP contribution in [0.1, 0.15) is 25.7 Å². The number of hydrogen-bond acceptors (Lipinski definition) is 5. The van der Waals surface area contributed by atoms with Crippen LogP contribution in [0.15, 0.2) is 0 Å². The van der Waals surface area contributed by atoms with E-state index in [0.29, 0.717) is 25.9 Å². The first-order valence-corrected chi connectivity index (χ1v) is 9.50. The first kappa shape index (κ1) is 18.7. The number of ether oxygens (including phenoxy) is 1. The van der Waals surface area contributed by atoms with Gasteiger partial charge in [0.2, 0.25) is 0 Å². The van der Waals surface area contributed by atoms with Gasteiger partial charge in [0.05, 0.1) is 30.1 Å². The average molecular weight is 381 g/mol. The minimum absolute atomic E-state index is 0.0565. The molecule has 1 saturated carbocycles. The molecule has 3 rings (SSSR count). The van der Waals surface area contributed by atoms with E-state index < -0.39 is 11.7 Å². The molecule has 1 amide bonds. The summed E-state index contributed by atoms with van der Waals surface area (Å²) in [6.45, 7) is 1.31. The summed E-state index contributed by atoms with van der Waals surface area (Å²) < 4.78 is 4.95. The van der Waals surface area contributed by atoms with Gasteiger partial charge in [-0.2, -0.15) is 0 Å². The first-order valence-electron chi connectivity index (χ1n) is 8.63. The highest BCUT2D eigenvalue weighted by atomic mass is 35.5. The van der Waals surface area contributed by atoms with Gasteiger partial charge in [0, 0.05) is 25.0 Å². The predicted octanol–water partition coefficient (Wildman–Crippen LogP) is 0.299. The number of aliphatic hydroxyl groups excluding tert-OH is 1. The zero-order valence-electron chi connectivity index (χ0n) is 13.6. The number of aliphatic hydroxyl groups is 2. The molecule has 6 nitrogen and oxygen atoms in total. The Balaban J connectivity index is 1.53. The lowest BCUT2D eigenvalue weighted by Crippen LogP contribution is -2.62. The topological polar surface area (TPSA) is 96.0 Å². The van der Waals surface area contributed by atoms with Crippen LogP contribution in [0.3, 0.4) is 0 Å². The molecular formula is C16H26Cl2N2O4. The lowest BCUT2D eigenvalue weighted by atomic mass is 9.74. The maximum atomic E-state index is 12.3. The standard InChI is InChI=1S/C16H26Cl2N2O4/c17-11-5-10(13(21)6-12(11)18)14(19)9-1-3-20(4-2-9)15(22)16(23)7-24-8-16/h9-14,21,23H,1-8,19H2/t10?,11?,12?,13?,14-/m1/s1. The van der Waals surface area contributed by atoms with Crippen molar-refractivity contribution >= 4 is 29.1 Å². The Hall–Kier alpha value is -0.110. The fourth-order valence-electron chi connectivity index (χ4n) is 4.08. The Morgan fingerprint density at radius 2 is 1.79 bits per heavy atom. The largest absolute Gasteiger partial charge is 0.393 e. The third-order valence-corrected chi connectivity index (χ3v) is 6.89. The van der Waals surface area contributed by atoms with Crippen molar-refractivity contribution in [2.24, 2.45) is 17.6 Å². The normalized spacial score (nSPS) is 38.5. The highest BCUT2D eigenvalue weighted by molar-refractivity contribution is 6.30. The number of alkyl halides is 2. The van der Waals surface area contributed by atoms with Crippen molar-refractivity contribution in [2.75, 3.05) is 26.3 Å². The van der Waals surface area contributed by atoms with E-state index in [1.54, 1.807) is 4.90 Å². The molecule has 0 aromatic heterocycles. The Morgan fingerprint density at radius 3 is 2.33 bits per heavy atom. The van der Waals surface area contributed by atoms with Crippen LogP contribution in [-0.4, -0.2) is 75.8 Å². The Morgan fingerprint density at radius 1 is 1.21 bits per heavy atom. The molecule has 3 aliphatic rings. The summed E-state index contributed by atoms with van der Waals surface area (Å²) in [5, 5.41) is 20.0. The van der Waals surface area contributed by atoms with Gasteiger partial charge in [0.15, 0.2) is 5.60 Å². The Labute approximate surface area is 152 Å². The van der Waals surface area contributed by atoms with Crippen molar-refractivity contribution in [1.82, 2.24) is 4.90 Å². The maximum Gasteiger partial charge on any atom is 0.259 e. The molecule has 8 heteroatoms. The van der Waals surface area contributed by atoms with E-state index in [0.717, 1.165) is 12.8 Å². The molecule has 0 radical (unpaired) electrons. The summed E-state index contributed by atoms with van der Waals surface area (Å²) in [5.41, 5.74) is 5.09. The second kappa shape index (κ2) is 7.25. The molecule has 138 valence electrons. The number of carbonyl (C=O) groups is 1. The molecule has 1 aliphatic carbocycles. The van der Waals surface area contributed by atoms with Crippen LogP contribution >= 0.6 is 23.2 Å². The zero-order chi connectivity index (χ0) is 17.5. The van der Waals surface area contributed by atoms with Crippen molar-refractivity contribution in [3.8, 4) is 0 Å². The molecule has 5 atom stereocenters. The van der Waals surface area contributed by atoms with E-state index in [4.69, 9.17) is 33.7 Å². The van der Waals surface area contributed by atoms with Gasteiger partial charge in [0.25, 0.3) is 5.91 Å². The summed E-state index contributed by atoms with van der Waals surface area (Å²) >= 11 is 12.4. The van der Waals surface area contributed by atoms with Gasteiger partial charge >= 0.3 is 0 Å². The molecule has 2 heterocycles. The lowest BCUT2D eigenvalue weighted by Gasteiger charge is -2.44. The highest BCUT2D eigenvalue weighted by Crippen LogP contribution is 2.37. The zero-order valence-corrected chi connectivity index (χ0v) is 15.1. The summed E-state index contributed by atoms with van der Waals surface area (Å²) in [6.07, 6.45) is 2.10. The Kier molecular flexibility index (Phi) is 5.64. The second-order valence-corrected chi connectivity index (χ2v) is 8.59. The quantitative estimate of drug-likeness (QED) is 0.611. The number of rotatable bonds is 3. The van der Waals surface area contributed by atoms with Crippen LogP contribution < -0.4 is 5.73 Å². The molecule has 0 spiro atoms. The van der Waals surface area contributed by atoms with Crippen LogP contribution in [0.4, 0.5) is 0 Å². The molecule has 2 saturated heterocycles. The van der Waals surface area contributed by atoms with Gasteiger partial charge in [-0.3, -0.25) is 4.79 Å². The highest BCUT2D eigenvalue weighted by Gasteiger charge is 2.47. The summed E-state index contributed by atoms with van der Waals surface area (Å²) in [4.78, 5) is 14.0. The van der Waals surface area contributed by atoms with E-state index >= 15 is 0 Å².